The molecular weight excluding hydrogens is 236 g/mol. The zero-order valence-electron chi connectivity index (χ0n) is 8.47. The van der Waals surface area contributed by atoms with Crippen LogP contribution in [0.4, 0.5) is 4.39 Å². The van der Waals surface area contributed by atoms with E-state index in [-0.39, 0.29) is 24.3 Å². The first kappa shape index (κ1) is 14.4. The molecule has 2 N–H and O–H groups in total. The normalized spacial score (nSPS) is 11.7. The van der Waals surface area contributed by atoms with Gasteiger partial charge in [0.05, 0.1) is 0 Å². The van der Waals surface area contributed by atoms with E-state index in [1.54, 1.807) is 6.07 Å². The number of hydrogen-bond donors (Lipinski definition) is 1. The molecule has 0 radical (unpaired) electrons. The van der Waals surface area contributed by atoms with Gasteiger partial charge < -0.3 is 5.73 Å². The first-order valence-corrected chi connectivity index (χ1v) is 4.73. The molecule has 0 fully saturated rings. The number of benzene rings is 1. The Labute approximate surface area is 101 Å². The second-order valence-electron chi connectivity index (χ2n) is 3.47. The molecule has 0 spiro atoms. The third kappa shape index (κ3) is 4.65. The van der Waals surface area contributed by atoms with Gasteiger partial charge in [-0.15, -0.1) is 19.0 Å². The van der Waals surface area contributed by atoms with E-state index >= 15 is 0 Å². The van der Waals surface area contributed by atoms with Crippen molar-refractivity contribution in [2.24, 2.45) is 5.73 Å². The molecule has 0 amide bonds. The molecule has 0 aliphatic heterocycles. The van der Waals surface area contributed by atoms with Crippen LogP contribution in [0.25, 0.3) is 0 Å². The Bertz CT molecular complexity index is 332. The molecular formula is C11H14Cl2FN. The average Bonchev–Trinajstić information content (AvgIpc) is 2.00. The molecule has 0 aliphatic rings. The summed E-state index contributed by atoms with van der Waals surface area (Å²) >= 11 is 5.71. The highest BCUT2D eigenvalue weighted by Crippen LogP contribution is 2.22. The molecule has 0 heterocycles. The molecule has 1 atom stereocenters. The van der Waals surface area contributed by atoms with E-state index < -0.39 is 0 Å². The van der Waals surface area contributed by atoms with Gasteiger partial charge in [-0.1, -0.05) is 17.2 Å². The van der Waals surface area contributed by atoms with Gasteiger partial charge in [-0.3, -0.25) is 0 Å². The van der Waals surface area contributed by atoms with Crippen LogP contribution in [0.15, 0.2) is 30.4 Å². The number of nitrogens with two attached hydrogens (primary N) is 1. The minimum Gasteiger partial charge on any atom is -0.324 e. The Balaban J connectivity index is 0.00000196. The second-order valence-corrected chi connectivity index (χ2v) is 3.91. The van der Waals surface area contributed by atoms with Crippen LogP contribution in [0.3, 0.4) is 0 Å². The van der Waals surface area contributed by atoms with Gasteiger partial charge in [0, 0.05) is 11.1 Å². The Morgan fingerprint density at radius 3 is 2.60 bits per heavy atom. The maximum absolute atomic E-state index is 13.0. The maximum atomic E-state index is 13.0. The highest BCUT2D eigenvalue weighted by atomic mass is 35.5. The highest BCUT2D eigenvalue weighted by molar-refractivity contribution is 6.30. The molecule has 0 aromatic heterocycles. The zero-order chi connectivity index (χ0) is 10.7. The molecule has 0 saturated heterocycles. The van der Waals surface area contributed by atoms with Crippen molar-refractivity contribution in [2.45, 2.75) is 19.4 Å². The molecule has 4 heteroatoms. The van der Waals surface area contributed by atoms with Crippen LogP contribution >= 0.6 is 24.0 Å². The van der Waals surface area contributed by atoms with Crippen LogP contribution in [0.1, 0.15) is 24.9 Å². The van der Waals surface area contributed by atoms with Crippen LogP contribution < -0.4 is 5.73 Å². The van der Waals surface area contributed by atoms with Crippen LogP contribution in [-0.4, -0.2) is 0 Å². The quantitative estimate of drug-likeness (QED) is 0.809. The van der Waals surface area contributed by atoms with Crippen LogP contribution in [0.5, 0.6) is 0 Å². The van der Waals surface area contributed by atoms with Crippen molar-refractivity contribution in [3.63, 3.8) is 0 Å². The van der Waals surface area contributed by atoms with Crippen LogP contribution in [0.2, 0.25) is 5.02 Å². The summed E-state index contributed by atoms with van der Waals surface area (Å²) < 4.78 is 13.0. The number of halogens is 3. The van der Waals surface area contributed by atoms with E-state index in [9.17, 15) is 4.39 Å². The summed E-state index contributed by atoms with van der Waals surface area (Å²) in [4.78, 5) is 0. The Morgan fingerprint density at radius 1 is 1.53 bits per heavy atom. The van der Waals surface area contributed by atoms with Crippen molar-refractivity contribution < 1.29 is 4.39 Å². The average molecular weight is 250 g/mol. The van der Waals surface area contributed by atoms with Crippen molar-refractivity contribution in [3.05, 3.63) is 46.8 Å². The minimum absolute atomic E-state index is 0. The van der Waals surface area contributed by atoms with Crippen LogP contribution in [0, 0.1) is 5.82 Å². The third-order valence-electron chi connectivity index (χ3n) is 1.88. The lowest BCUT2D eigenvalue weighted by molar-refractivity contribution is 0.618. The lowest BCUT2D eigenvalue weighted by Gasteiger charge is -2.12. The van der Waals surface area contributed by atoms with E-state index in [0.717, 1.165) is 5.57 Å². The molecule has 0 aliphatic carbocycles. The third-order valence-corrected chi connectivity index (χ3v) is 2.10. The summed E-state index contributed by atoms with van der Waals surface area (Å²) in [5.74, 6) is -0.357. The fourth-order valence-corrected chi connectivity index (χ4v) is 1.51. The Morgan fingerprint density at radius 2 is 2.13 bits per heavy atom. The van der Waals surface area contributed by atoms with E-state index in [2.05, 4.69) is 6.58 Å². The molecule has 1 aromatic carbocycles. The van der Waals surface area contributed by atoms with Gasteiger partial charge in [-0.05, 0) is 37.1 Å². The smallest absolute Gasteiger partial charge is 0.125 e. The lowest BCUT2D eigenvalue weighted by Crippen LogP contribution is -2.10. The minimum atomic E-state index is -0.357. The molecule has 84 valence electrons. The molecule has 15 heavy (non-hydrogen) atoms. The predicted octanol–water partition coefficient (Wildman–Crippen LogP) is 3.87. The van der Waals surface area contributed by atoms with E-state index in [1.807, 2.05) is 6.92 Å². The lowest BCUT2D eigenvalue weighted by atomic mass is 10.0. The van der Waals surface area contributed by atoms with Crippen LogP contribution in [-0.2, 0) is 0 Å². The van der Waals surface area contributed by atoms with E-state index in [0.29, 0.717) is 17.0 Å². The first-order chi connectivity index (χ1) is 6.49. The molecule has 0 saturated carbocycles. The summed E-state index contributed by atoms with van der Waals surface area (Å²) in [5.41, 5.74) is 7.52. The van der Waals surface area contributed by atoms with Crippen molar-refractivity contribution in [1.82, 2.24) is 0 Å². The SMILES string of the molecule is C=C(C)C[C@H](N)c1cc(F)cc(Cl)c1.Cl. The summed E-state index contributed by atoms with van der Waals surface area (Å²) in [6, 6.07) is 4.11. The predicted molar refractivity (Wildman–Crippen MR) is 65.0 cm³/mol. The fraction of sp³-hybridized carbons (Fsp3) is 0.273. The molecule has 1 aromatic rings. The highest BCUT2D eigenvalue weighted by Gasteiger charge is 2.08. The molecule has 1 nitrogen and oxygen atoms in total. The van der Waals surface area contributed by atoms with Gasteiger partial charge in [-0.25, -0.2) is 4.39 Å². The Kier molecular flexibility index (Phi) is 5.88. The molecule has 1 rings (SSSR count). The standard InChI is InChI=1S/C11H13ClFN.ClH/c1-7(2)3-11(14)8-4-9(12)6-10(13)5-8;/h4-6,11H,1,3,14H2,2H3;1H/t11-;/m0./s1. The van der Waals surface area contributed by atoms with Gasteiger partial charge in [-0.2, -0.15) is 0 Å². The first-order valence-electron chi connectivity index (χ1n) is 4.35. The summed E-state index contributed by atoms with van der Waals surface area (Å²) in [6.07, 6.45) is 0.639. The van der Waals surface area contributed by atoms with Gasteiger partial charge in [0.2, 0.25) is 0 Å². The number of rotatable bonds is 3. The summed E-state index contributed by atoms with van der Waals surface area (Å²) in [5, 5.41) is 0.372. The maximum Gasteiger partial charge on any atom is 0.125 e. The molecule has 0 unspecified atom stereocenters. The molecule has 0 bridgehead atoms. The van der Waals surface area contributed by atoms with E-state index in [4.69, 9.17) is 17.3 Å². The van der Waals surface area contributed by atoms with Crippen molar-refractivity contribution in [3.8, 4) is 0 Å². The van der Waals surface area contributed by atoms with Gasteiger partial charge in [0.1, 0.15) is 5.82 Å². The van der Waals surface area contributed by atoms with Crippen molar-refractivity contribution >= 4 is 24.0 Å². The topological polar surface area (TPSA) is 26.0 Å². The fourth-order valence-electron chi connectivity index (χ4n) is 1.28. The summed E-state index contributed by atoms with van der Waals surface area (Å²) in [6.45, 7) is 5.65. The monoisotopic (exact) mass is 249 g/mol. The van der Waals surface area contributed by atoms with Gasteiger partial charge in [0.25, 0.3) is 0 Å². The zero-order valence-corrected chi connectivity index (χ0v) is 10.0. The Hall–Kier alpha value is -0.570. The van der Waals surface area contributed by atoms with Crippen molar-refractivity contribution in [2.75, 3.05) is 0 Å². The second kappa shape index (κ2) is 6.11. The largest absolute Gasteiger partial charge is 0.324 e. The van der Waals surface area contributed by atoms with Gasteiger partial charge >= 0.3 is 0 Å². The van der Waals surface area contributed by atoms with Gasteiger partial charge in [0.15, 0.2) is 0 Å². The number of hydrogen-bond acceptors (Lipinski definition) is 1. The van der Waals surface area contributed by atoms with E-state index in [1.165, 1.54) is 12.1 Å². The summed E-state index contributed by atoms with van der Waals surface area (Å²) in [7, 11) is 0. The van der Waals surface area contributed by atoms with Crippen molar-refractivity contribution in [1.29, 1.82) is 0 Å².